The Labute approximate surface area is 144 Å². The van der Waals surface area contributed by atoms with E-state index in [1.54, 1.807) is 11.0 Å². The fourth-order valence-electron chi connectivity index (χ4n) is 2.07. The van der Waals surface area contributed by atoms with Crippen molar-refractivity contribution >= 4 is 36.6 Å². The zero-order chi connectivity index (χ0) is 15.0. The van der Waals surface area contributed by atoms with Crippen LogP contribution >= 0.6 is 24.8 Å². The van der Waals surface area contributed by atoms with Crippen LogP contribution in [0.1, 0.15) is 0 Å². The molecular formula is C13H26Cl2N4O3. The molecule has 0 spiro atoms. The van der Waals surface area contributed by atoms with Gasteiger partial charge in [-0.15, -0.1) is 31.4 Å². The lowest BCUT2D eigenvalue weighted by atomic mass is 10.2. The van der Waals surface area contributed by atoms with E-state index in [-0.39, 0.29) is 43.2 Å². The fraction of sp³-hybridized carbons (Fsp3) is 0.692. The average molecular weight is 357 g/mol. The van der Waals surface area contributed by atoms with Crippen molar-refractivity contribution in [3.63, 3.8) is 0 Å². The molecular weight excluding hydrogens is 331 g/mol. The highest BCUT2D eigenvalue weighted by Crippen LogP contribution is 2.05. The lowest BCUT2D eigenvalue weighted by Gasteiger charge is -2.35. The number of carbonyl (C=O) groups excluding carboxylic acids is 2. The van der Waals surface area contributed by atoms with Gasteiger partial charge in [-0.3, -0.25) is 14.5 Å². The second kappa shape index (κ2) is 12.7. The molecule has 0 aromatic carbocycles. The van der Waals surface area contributed by atoms with Crippen LogP contribution in [0.3, 0.4) is 0 Å². The van der Waals surface area contributed by atoms with Gasteiger partial charge in [-0.05, 0) is 0 Å². The SMILES string of the molecule is C=CCNC(=O)CN1CCN(C(=O)C(CN)OC)CC1.Cl.Cl. The van der Waals surface area contributed by atoms with Gasteiger partial charge in [0.25, 0.3) is 5.91 Å². The van der Waals surface area contributed by atoms with Crippen molar-refractivity contribution in [2.75, 3.05) is 52.9 Å². The van der Waals surface area contributed by atoms with Crippen LogP contribution < -0.4 is 11.1 Å². The molecule has 22 heavy (non-hydrogen) atoms. The summed E-state index contributed by atoms with van der Waals surface area (Å²) in [6.45, 7) is 7.08. The Kier molecular flexibility index (Phi) is 13.5. The number of ether oxygens (including phenoxy) is 1. The molecule has 9 heteroatoms. The van der Waals surface area contributed by atoms with Gasteiger partial charge >= 0.3 is 0 Å². The number of hydrogen-bond donors (Lipinski definition) is 2. The third-order valence-electron chi connectivity index (χ3n) is 3.27. The van der Waals surface area contributed by atoms with Crippen molar-refractivity contribution in [1.29, 1.82) is 0 Å². The first-order valence-electron chi connectivity index (χ1n) is 6.74. The largest absolute Gasteiger partial charge is 0.370 e. The number of piperazine rings is 1. The number of carbonyl (C=O) groups is 2. The summed E-state index contributed by atoms with van der Waals surface area (Å²) in [5, 5.41) is 2.73. The number of methoxy groups -OCH3 is 1. The van der Waals surface area contributed by atoms with Crippen LogP contribution in [0.15, 0.2) is 12.7 Å². The number of hydrogen-bond acceptors (Lipinski definition) is 5. The van der Waals surface area contributed by atoms with Crippen LogP contribution in [-0.4, -0.2) is 80.6 Å². The predicted octanol–water partition coefficient (Wildman–Crippen LogP) is -0.750. The monoisotopic (exact) mass is 356 g/mol. The summed E-state index contributed by atoms with van der Waals surface area (Å²) < 4.78 is 5.05. The molecule has 7 nitrogen and oxygen atoms in total. The molecule has 3 N–H and O–H groups in total. The van der Waals surface area contributed by atoms with Gasteiger partial charge in [0.1, 0.15) is 6.10 Å². The molecule has 1 fully saturated rings. The first-order chi connectivity index (χ1) is 9.62. The highest BCUT2D eigenvalue weighted by atomic mass is 35.5. The molecule has 2 amide bonds. The van der Waals surface area contributed by atoms with Crippen molar-refractivity contribution in [3.8, 4) is 0 Å². The van der Waals surface area contributed by atoms with Gasteiger partial charge in [0.05, 0.1) is 6.54 Å². The van der Waals surface area contributed by atoms with Crippen LogP contribution in [0, 0.1) is 0 Å². The van der Waals surface area contributed by atoms with Gasteiger partial charge in [-0.25, -0.2) is 0 Å². The third kappa shape index (κ3) is 7.42. The van der Waals surface area contributed by atoms with Crippen molar-refractivity contribution in [1.82, 2.24) is 15.1 Å². The molecule has 1 atom stereocenters. The molecule has 1 unspecified atom stereocenters. The van der Waals surface area contributed by atoms with Crippen LogP contribution in [0.4, 0.5) is 0 Å². The first-order valence-corrected chi connectivity index (χ1v) is 6.74. The molecule has 0 aromatic heterocycles. The quantitative estimate of drug-likeness (QED) is 0.586. The summed E-state index contributed by atoms with van der Waals surface area (Å²) in [4.78, 5) is 27.4. The van der Waals surface area contributed by atoms with Crippen LogP contribution in [0.25, 0.3) is 0 Å². The van der Waals surface area contributed by atoms with E-state index in [0.29, 0.717) is 39.3 Å². The number of nitrogens with one attached hydrogen (secondary N) is 1. The molecule has 1 heterocycles. The number of rotatable bonds is 7. The number of nitrogens with two attached hydrogens (primary N) is 1. The summed E-state index contributed by atoms with van der Waals surface area (Å²) in [6.07, 6.45) is 1.07. The van der Waals surface area contributed by atoms with E-state index in [1.165, 1.54) is 7.11 Å². The molecule has 0 aliphatic carbocycles. The van der Waals surface area contributed by atoms with Crippen molar-refractivity contribution in [2.24, 2.45) is 5.73 Å². The van der Waals surface area contributed by atoms with Crippen molar-refractivity contribution < 1.29 is 14.3 Å². The Hall–Kier alpha value is -0.860. The van der Waals surface area contributed by atoms with Crippen LogP contribution in [0.5, 0.6) is 0 Å². The lowest BCUT2D eigenvalue weighted by Crippen LogP contribution is -2.54. The standard InChI is InChI=1S/C13H24N4O3.2ClH/c1-3-4-15-12(18)10-16-5-7-17(8-6-16)13(19)11(9-14)20-2;;/h3,11H,1,4-10,14H2,2H3,(H,15,18);2*1H. The maximum Gasteiger partial charge on any atom is 0.253 e. The second-order valence-electron chi connectivity index (χ2n) is 4.65. The summed E-state index contributed by atoms with van der Waals surface area (Å²) in [6, 6.07) is 0. The Morgan fingerprint density at radius 2 is 1.91 bits per heavy atom. The average Bonchev–Trinajstić information content (AvgIpc) is 2.47. The summed E-state index contributed by atoms with van der Waals surface area (Å²) in [5.41, 5.74) is 5.49. The molecule has 1 rings (SSSR count). The van der Waals surface area contributed by atoms with Gasteiger partial charge < -0.3 is 20.7 Å². The van der Waals surface area contributed by atoms with Crippen molar-refractivity contribution in [2.45, 2.75) is 6.10 Å². The summed E-state index contributed by atoms with van der Waals surface area (Å²) in [7, 11) is 1.48. The molecule has 0 aromatic rings. The molecule has 0 saturated carbocycles. The molecule has 1 saturated heterocycles. The fourth-order valence-corrected chi connectivity index (χ4v) is 2.07. The minimum absolute atomic E-state index is 0. The Bertz CT molecular complexity index is 346. The van der Waals surface area contributed by atoms with E-state index in [2.05, 4.69) is 11.9 Å². The zero-order valence-corrected chi connectivity index (χ0v) is 14.5. The highest BCUT2D eigenvalue weighted by molar-refractivity contribution is 5.85. The zero-order valence-electron chi connectivity index (χ0n) is 12.8. The van der Waals surface area contributed by atoms with E-state index < -0.39 is 6.10 Å². The topological polar surface area (TPSA) is 87.9 Å². The normalized spacial score (nSPS) is 16.0. The van der Waals surface area contributed by atoms with Crippen LogP contribution in [-0.2, 0) is 14.3 Å². The summed E-state index contributed by atoms with van der Waals surface area (Å²) in [5.74, 6) is -0.104. The van der Waals surface area contributed by atoms with Crippen molar-refractivity contribution in [3.05, 3.63) is 12.7 Å². The number of amides is 2. The van der Waals surface area contributed by atoms with Gasteiger partial charge in [0, 0.05) is 46.4 Å². The molecule has 0 radical (unpaired) electrons. The number of halogens is 2. The van der Waals surface area contributed by atoms with E-state index in [1.807, 2.05) is 4.90 Å². The second-order valence-corrected chi connectivity index (χ2v) is 4.65. The minimum atomic E-state index is -0.572. The Morgan fingerprint density at radius 3 is 2.36 bits per heavy atom. The maximum atomic E-state index is 12.0. The molecule has 130 valence electrons. The predicted molar refractivity (Wildman–Crippen MR) is 90.6 cm³/mol. The van der Waals surface area contributed by atoms with E-state index in [9.17, 15) is 9.59 Å². The van der Waals surface area contributed by atoms with E-state index >= 15 is 0 Å². The summed E-state index contributed by atoms with van der Waals surface area (Å²) >= 11 is 0. The van der Waals surface area contributed by atoms with Gasteiger partial charge in [-0.2, -0.15) is 0 Å². The smallest absolute Gasteiger partial charge is 0.253 e. The van der Waals surface area contributed by atoms with E-state index in [4.69, 9.17) is 10.5 Å². The number of nitrogens with zero attached hydrogens (tertiary/aromatic N) is 2. The third-order valence-corrected chi connectivity index (χ3v) is 3.27. The van der Waals surface area contributed by atoms with E-state index in [0.717, 1.165) is 0 Å². The molecule has 0 bridgehead atoms. The Balaban J connectivity index is 0. The minimum Gasteiger partial charge on any atom is -0.370 e. The highest BCUT2D eigenvalue weighted by Gasteiger charge is 2.26. The molecule has 1 aliphatic heterocycles. The van der Waals surface area contributed by atoms with Crippen LogP contribution in [0.2, 0.25) is 0 Å². The molecule has 1 aliphatic rings. The van der Waals surface area contributed by atoms with Gasteiger partial charge in [-0.1, -0.05) is 6.08 Å². The Morgan fingerprint density at radius 1 is 1.32 bits per heavy atom. The lowest BCUT2D eigenvalue weighted by molar-refractivity contribution is -0.143. The maximum absolute atomic E-state index is 12.0. The van der Waals surface area contributed by atoms with Gasteiger partial charge in [0.2, 0.25) is 5.91 Å². The van der Waals surface area contributed by atoms with Gasteiger partial charge in [0.15, 0.2) is 0 Å². The first kappa shape index (κ1) is 23.4.